The van der Waals surface area contributed by atoms with Crippen molar-refractivity contribution in [2.75, 3.05) is 6.54 Å². The second-order valence-corrected chi connectivity index (χ2v) is 5.72. The summed E-state index contributed by atoms with van der Waals surface area (Å²) in [6, 6.07) is 9.92. The molecule has 1 aromatic heterocycles. The molecule has 18 heavy (non-hydrogen) atoms. The Morgan fingerprint density at radius 3 is 2.83 bits per heavy atom. The maximum Gasteiger partial charge on any atom is 0.135 e. The van der Waals surface area contributed by atoms with E-state index in [1.165, 1.54) is 0 Å². The molecule has 0 saturated carbocycles. The van der Waals surface area contributed by atoms with Crippen molar-refractivity contribution < 1.29 is 4.42 Å². The maximum atomic E-state index is 6.22. The van der Waals surface area contributed by atoms with Gasteiger partial charge in [0.25, 0.3) is 0 Å². The zero-order valence-corrected chi connectivity index (χ0v) is 13.1. The first kappa shape index (κ1) is 13.9. The van der Waals surface area contributed by atoms with Gasteiger partial charge in [0.2, 0.25) is 0 Å². The summed E-state index contributed by atoms with van der Waals surface area (Å²) >= 11 is 8.46. The van der Waals surface area contributed by atoms with Crippen LogP contribution in [0, 0.1) is 3.57 Å². The summed E-state index contributed by atoms with van der Waals surface area (Å²) in [7, 11) is 0. The topological polar surface area (TPSA) is 25.2 Å². The molecule has 0 unspecified atom stereocenters. The predicted molar refractivity (Wildman–Crippen MR) is 83.9 cm³/mol. The highest BCUT2D eigenvalue weighted by Crippen LogP contribution is 2.30. The molecule has 0 aliphatic carbocycles. The average Bonchev–Trinajstić information content (AvgIpc) is 2.78. The molecule has 0 fully saturated rings. The quantitative estimate of drug-likeness (QED) is 0.605. The summed E-state index contributed by atoms with van der Waals surface area (Å²) in [4.78, 5) is 0. The molecule has 4 heteroatoms. The lowest BCUT2D eigenvalue weighted by Crippen LogP contribution is -2.12. The van der Waals surface area contributed by atoms with Crippen molar-refractivity contribution in [3.8, 4) is 11.3 Å². The third-order valence-electron chi connectivity index (χ3n) is 2.58. The summed E-state index contributed by atoms with van der Waals surface area (Å²) in [5.41, 5.74) is 0.943. The van der Waals surface area contributed by atoms with Crippen LogP contribution in [-0.4, -0.2) is 6.54 Å². The predicted octanol–water partition coefficient (Wildman–Crippen LogP) is 4.70. The Morgan fingerprint density at radius 1 is 1.28 bits per heavy atom. The lowest BCUT2D eigenvalue weighted by Gasteiger charge is -2.02. The summed E-state index contributed by atoms with van der Waals surface area (Å²) in [5.74, 6) is 1.76. The van der Waals surface area contributed by atoms with Crippen LogP contribution in [0.1, 0.15) is 19.1 Å². The van der Waals surface area contributed by atoms with Gasteiger partial charge in [-0.2, -0.15) is 0 Å². The van der Waals surface area contributed by atoms with Crippen molar-refractivity contribution in [3.63, 3.8) is 0 Å². The molecule has 0 amide bonds. The third kappa shape index (κ3) is 3.49. The van der Waals surface area contributed by atoms with Crippen molar-refractivity contribution >= 4 is 34.2 Å². The monoisotopic (exact) mass is 375 g/mol. The Morgan fingerprint density at radius 2 is 2.11 bits per heavy atom. The van der Waals surface area contributed by atoms with Crippen LogP contribution in [0.2, 0.25) is 5.02 Å². The van der Waals surface area contributed by atoms with Crippen LogP contribution in [0.5, 0.6) is 0 Å². The van der Waals surface area contributed by atoms with Crippen LogP contribution < -0.4 is 5.32 Å². The van der Waals surface area contributed by atoms with Crippen LogP contribution in [0.25, 0.3) is 11.3 Å². The SMILES string of the molecule is CCCNCc1ccc(-c2ccc(I)cc2Cl)o1. The van der Waals surface area contributed by atoms with Crippen molar-refractivity contribution in [3.05, 3.63) is 44.7 Å². The molecule has 0 bridgehead atoms. The van der Waals surface area contributed by atoms with E-state index < -0.39 is 0 Å². The van der Waals surface area contributed by atoms with E-state index in [-0.39, 0.29) is 0 Å². The van der Waals surface area contributed by atoms with Gasteiger partial charge in [-0.25, -0.2) is 0 Å². The summed E-state index contributed by atoms with van der Waals surface area (Å²) in [6.07, 6.45) is 1.12. The minimum atomic E-state index is 0.726. The van der Waals surface area contributed by atoms with E-state index >= 15 is 0 Å². The van der Waals surface area contributed by atoms with Crippen molar-refractivity contribution in [1.82, 2.24) is 5.32 Å². The second-order valence-electron chi connectivity index (χ2n) is 4.07. The van der Waals surface area contributed by atoms with Gasteiger partial charge in [0.05, 0.1) is 11.6 Å². The van der Waals surface area contributed by atoms with E-state index in [0.29, 0.717) is 0 Å². The molecule has 96 valence electrons. The first-order chi connectivity index (χ1) is 8.70. The lowest BCUT2D eigenvalue weighted by molar-refractivity contribution is 0.493. The molecule has 1 N–H and O–H groups in total. The number of hydrogen-bond acceptors (Lipinski definition) is 2. The standard InChI is InChI=1S/C14H15ClINO/c1-2-7-17-9-11-4-6-14(18-11)12-5-3-10(16)8-13(12)15/h3-6,8,17H,2,7,9H2,1H3. The number of rotatable bonds is 5. The molecule has 2 nitrogen and oxygen atoms in total. The molecule has 0 aliphatic rings. The van der Waals surface area contributed by atoms with Gasteiger partial charge < -0.3 is 9.73 Å². The van der Waals surface area contributed by atoms with E-state index in [1.807, 2.05) is 30.3 Å². The molecule has 0 atom stereocenters. The highest BCUT2D eigenvalue weighted by Gasteiger charge is 2.08. The van der Waals surface area contributed by atoms with Crippen molar-refractivity contribution in [2.24, 2.45) is 0 Å². The van der Waals surface area contributed by atoms with Gasteiger partial charge in [-0.15, -0.1) is 0 Å². The molecular formula is C14H15ClINO. The third-order valence-corrected chi connectivity index (χ3v) is 3.57. The van der Waals surface area contributed by atoms with E-state index in [9.17, 15) is 0 Å². The molecule has 1 heterocycles. The van der Waals surface area contributed by atoms with E-state index in [0.717, 1.165) is 45.2 Å². The van der Waals surface area contributed by atoms with Crippen LogP contribution in [0.4, 0.5) is 0 Å². The van der Waals surface area contributed by atoms with E-state index in [4.69, 9.17) is 16.0 Å². The van der Waals surface area contributed by atoms with Crippen molar-refractivity contribution in [1.29, 1.82) is 0 Å². The van der Waals surface area contributed by atoms with Gasteiger partial charge in [-0.3, -0.25) is 0 Å². The zero-order valence-electron chi connectivity index (χ0n) is 10.2. The highest BCUT2D eigenvalue weighted by atomic mass is 127. The molecular weight excluding hydrogens is 361 g/mol. The van der Waals surface area contributed by atoms with E-state index in [2.05, 4.69) is 34.8 Å². The smallest absolute Gasteiger partial charge is 0.135 e. The first-order valence-electron chi connectivity index (χ1n) is 5.95. The normalized spacial score (nSPS) is 10.8. The molecule has 0 spiro atoms. The lowest BCUT2D eigenvalue weighted by atomic mass is 10.2. The number of furan rings is 1. The van der Waals surface area contributed by atoms with Gasteiger partial charge in [0.1, 0.15) is 11.5 Å². The minimum Gasteiger partial charge on any atom is -0.460 e. The van der Waals surface area contributed by atoms with Gasteiger partial charge >= 0.3 is 0 Å². The number of hydrogen-bond donors (Lipinski definition) is 1. The van der Waals surface area contributed by atoms with Gasteiger partial charge in [-0.05, 0) is 65.9 Å². The fourth-order valence-electron chi connectivity index (χ4n) is 1.70. The Hall–Kier alpha value is -0.520. The maximum absolute atomic E-state index is 6.22. The summed E-state index contributed by atoms with van der Waals surface area (Å²) < 4.78 is 6.91. The Labute approximate surface area is 126 Å². The Balaban J connectivity index is 2.13. The molecule has 2 rings (SSSR count). The molecule has 0 radical (unpaired) electrons. The summed E-state index contributed by atoms with van der Waals surface area (Å²) in [5, 5.41) is 4.04. The van der Waals surface area contributed by atoms with Crippen LogP contribution in [-0.2, 0) is 6.54 Å². The fourth-order valence-corrected chi connectivity index (χ4v) is 2.64. The zero-order chi connectivity index (χ0) is 13.0. The molecule has 0 aliphatic heterocycles. The van der Waals surface area contributed by atoms with Gasteiger partial charge in [0, 0.05) is 9.13 Å². The van der Waals surface area contributed by atoms with E-state index in [1.54, 1.807) is 0 Å². The highest BCUT2D eigenvalue weighted by molar-refractivity contribution is 14.1. The van der Waals surface area contributed by atoms with Gasteiger partial charge in [-0.1, -0.05) is 18.5 Å². The molecule has 1 aromatic carbocycles. The first-order valence-corrected chi connectivity index (χ1v) is 7.41. The molecule has 0 saturated heterocycles. The number of halogens is 2. The van der Waals surface area contributed by atoms with Gasteiger partial charge in [0.15, 0.2) is 0 Å². The van der Waals surface area contributed by atoms with Crippen LogP contribution in [0.3, 0.4) is 0 Å². The Bertz CT molecular complexity index is 524. The molecule has 2 aromatic rings. The minimum absolute atomic E-state index is 0.726. The van der Waals surface area contributed by atoms with Crippen LogP contribution in [0.15, 0.2) is 34.7 Å². The Kier molecular flexibility index (Phi) is 5.09. The van der Waals surface area contributed by atoms with Crippen molar-refractivity contribution in [2.45, 2.75) is 19.9 Å². The van der Waals surface area contributed by atoms with Crippen LogP contribution >= 0.6 is 34.2 Å². The number of benzene rings is 1. The summed E-state index contributed by atoms with van der Waals surface area (Å²) in [6.45, 7) is 3.90. The largest absolute Gasteiger partial charge is 0.460 e. The number of nitrogens with one attached hydrogen (secondary N) is 1. The second kappa shape index (κ2) is 6.59. The average molecular weight is 376 g/mol. The fraction of sp³-hybridized carbons (Fsp3) is 0.286.